The Morgan fingerprint density at radius 2 is 1.82 bits per heavy atom. The predicted octanol–water partition coefficient (Wildman–Crippen LogP) is 5.39. The molecular formula is C25H23N3O4S2. The van der Waals surface area contributed by atoms with Gasteiger partial charge in [-0.3, -0.25) is 9.52 Å². The molecule has 9 heteroatoms. The first-order valence-electron chi connectivity index (χ1n) is 10.4. The molecule has 4 aromatic rings. The largest absolute Gasteiger partial charge is 0.487 e. The van der Waals surface area contributed by atoms with Gasteiger partial charge in [-0.05, 0) is 73.5 Å². The van der Waals surface area contributed by atoms with E-state index in [2.05, 4.69) is 15.0 Å². The molecule has 0 fully saturated rings. The van der Waals surface area contributed by atoms with Gasteiger partial charge in [0.1, 0.15) is 12.4 Å². The summed E-state index contributed by atoms with van der Waals surface area (Å²) in [6.45, 7) is 4.04. The third kappa shape index (κ3) is 5.81. The number of nitrogens with zero attached hydrogens (tertiary/aromatic N) is 1. The molecule has 0 saturated heterocycles. The molecule has 0 unspecified atom stereocenters. The topological polar surface area (TPSA) is 97.4 Å². The third-order valence-corrected chi connectivity index (χ3v) is 7.04. The van der Waals surface area contributed by atoms with Crippen LogP contribution in [0.5, 0.6) is 5.75 Å². The Kier molecular flexibility index (Phi) is 6.95. The number of hydrogen-bond acceptors (Lipinski definition) is 6. The lowest BCUT2D eigenvalue weighted by molar-refractivity contribution is 0.102. The van der Waals surface area contributed by atoms with Crippen molar-refractivity contribution >= 4 is 38.6 Å². The van der Waals surface area contributed by atoms with E-state index in [-0.39, 0.29) is 10.8 Å². The molecule has 0 saturated carbocycles. The minimum Gasteiger partial charge on any atom is -0.487 e. The van der Waals surface area contributed by atoms with Crippen LogP contribution >= 0.6 is 11.3 Å². The normalized spacial score (nSPS) is 11.1. The van der Waals surface area contributed by atoms with Gasteiger partial charge in [0, 0.05) is 22.3 Å². The van der Waals surface area contributed by atoms with Crippen molar-refractivity contribution in [3.63, 3.8) is 0 Å². The molecule has 0 aliphatic carbocycles. The van der Waals surface area contributed by atoms with E-state index in [1.54, 1.807) is 61.0 Å². The first-order valence-corrected chi connectivity index (χ1v) is 12.8. The molecule has 1 heterocycles. The maximum absolute atomic E-state index is 12.9. The van der Waals surface area contributed by atoms with Crippen LogP contribution in [-0.4, -0.2) is 19.3 Å². The molecule has 2 N–H and O–H groups in total. The second-order valence-electron chi connectivity index (χ2n) is 7.70. The highest BCUT2D eigenvalue weighted by Crippen LogP contribution is 2.24. The van der Waals surface area contributed by atoms with E-state index in [0.29, 0.717) is 29.3 Å². The highest BCUT2D eigenvalue weighted by Gasteiger charge is 2.17. The molecular weight excluding hydrogens is 470 g/mol. The number of rotatable bonds is 8. The maximum atomic E-state index is 12.9. The molecule has 0 bridgehead atoms. The van der Waals surface area contributed by atoms with Crippen molar-refractivity contribution < 1.29 is 17.9 Å². The summed E-state index contributed by atoms with van der Waals surface area (Å²) >= 11 is 1.50. The smallest absolute Gasteiger partial charge is 0.261 e. The Morgan fingerprint density at radius 3 is 2.53 bits per heavy atom. The molecule has 4 rings (SSSR count). The lowest BCUT2D eigenvalue weighted by Crippen LogP contribution is -2.16. The molecule has 0 spiro atoms. The predicted molar refractivity (Wildman–Crippen MR) is 134 cm³/mol. The van der Waals surface area contributed by atoms with Gasteiger partial charge in [0.05, 0.1) is 16.1 Å². The summed E-state index contributed by atoms with van der Waals surface area (Å²) < 4.78 is 34.0. The number of thiazole rings is 1. The van der Waals surface area contributed by atoms with Crippen molar-refractivity contribution in [2.75, 3.05) is 10.0 Å². The van der Waals surface area contributed by atoms with Crippen LogP contribution in [-0.2, 0) is 16.6 Å². The number of sulfonamides is 1. The van der Waals surface area contributed by atoms with Gasteiger partial charge in [-0.2, -0.15) is 0 Å². The van der Waals surface area contributed by atoms with E-state index in [0.717, 1.165) is 16.8 Å². The van der Waals surface area contributed by atoms with Crippen molar-refractivity contribution in [1.29, 1.82) is 0 Å². The summed E-state index contributed by atoms with van der Waals surface area (Å²) in [5.41, 5.74) is 5.58. The number of carbonyl (C=O) groups excluding carboxylic acids is 1. The SMILES string of the molecule is Cc1cccc(NS(=O)(=O)c2ccc(C)c(NC(=O)c3ccc(OCc4cscn4)cc3)c2)c1. The molecule has 7 nitrogen and oxygen atoms in total. The summed E-state index contributed by atoms with van der Waals surface area (Å²) in [5, 5.41) is 4.72. The standard InChI is InChI=1S/C25H23N3O4S2/c1-17-4-3-5-20(12-17)28-34(30,31)23-11-6-18(2)24(13-23)27-25(29)19-7-9-22(10-8-19)32-14-21-15-33-16-26-21/h3-13,15-16,28H,14H2,1-2H3,(H,27,29). The molecule has 34 heavy (non-hydrogen) atoms. The number of nitrogens with one attached hydrogen (secondary N) is 2. The van der Waals surface area contributed by atoms with Crippen LogP contribution in [0.25, 0.3) is 0 Å². The summed E-state index contributed by atoms with van der Waals surface area (Å²) in [4.78, 5) is 17.0. The van der Waals surface area contributed by atoms with E-state index in [1.807, 2.05) is 18.4 Å². The number of benzene rings is 3. The Labute approximate surface area is 202 Å². The molecule has 0 radical (unpaired) electrons. The minimum atomic E-state index is -3.82. The molecule has 0 atom stereocenters. The van der Waals surface area contributed by atoms with E-state index in [9.17, 15) is 13.2 Å². The van der Waals surface area contributed by atoms with Crippen molar-refractivity contribution in [1.82, 2.24) is 4.98 Å². The van der Waals surface area contributed by atoms with E-state index in [1.165, 1.54) is 23.5 Å². The summed E-state index contributed by atoms with van der Waals surface area (Å²) in [5.74, 6) is 0.270. The highest BCUT2D eigenvalue weighted by molar-refractivity contribution is 7.92. The highest BCUT2D eigenvalue weighted by atomic mass is 32.2. The number of aromatic nitrogens is 1. The third-order valence-electron chi connectivity index (χ3n) is 5.02. The van der Waals surface area contributed by atoms with Gasteiger partial charge in [-0.15, -0.1) is 11.3 Å². The van der Waals surface area contributed by atoms with Crippen molar-refractivity contribution in [3.8, 4) is 5.75 Å². The zero-order chi connectivity index (χ0) is 24.1. The fourth-order valence-corrected chi connectivity index (χ4v) is 4.81. The Balaban J connectivity index is 1.46. The van der Waals surface area contributed by atoms with Crippen LogP contribution < -0.4 is 14.8 Å². The number of amides is 1. The first-order chi connectivity index (χ1) is 16.3. The number of aryl methyl sites for hydroxylation is 2. The molecule has 0 aliphatic rings. The Hall–Kier alpha value is -3.69. The second kappa shape index (κ2) is 10.1. The average Bonchev–Trinajstić information content (AvgIpc) is 3.33. The van der Waals surface area contributed by atoms with E-state index < -0.39 is 10.0 Å². The van der Waals surface area contributed by atoms with Gasteiger partial charge in [0.15, 0.2) is 0 Å². The average molecular weight is 494 g/mol. The molecule has 1 aromatic heterocycles. The lowest BCUT2D eigenvalue weighted by atomic mass is 10.1. The lowest BCUT2D eigenvalue weighted by Gasteiger charge is -2.13. The van der Waals surface area contributed by atoms with Gasteiger partial charge in [0.25, 0.3) is 15.9 Å². The Morgan fingerprint density at radius 1 is 1.03 bits per heavy atom. The van der Waals surface area contributed by atoms with Crippen molar-refractivity contribution in [2.24, 2.45) is 0 Å². The summed E-state index contributed by atoms with van der Waals surface area (Å²) in [7, 11) is -3.82. The first kappa shape index (κ1) is 23.5. The van der Waals surface area contributed by atoms with E-state index in [4.69, 9.17) is 4.74 Å². The van der Waals surface area contributed by atoms with Gasteiger partial charge >= 0.3 is 0 Å². The van der Waals surface area contributed by atoms with Gasteiger partial charge < -0.3 is 10.1 Å². The molecule has 1 amide bonds. The van der Waals surface area contributed by atoms with Crippen LogP contribution in [0.1, 0.15) is 27.2 Å². The zero-order valence-electron chi connectivity index (χ0n) is 18.6. The second-order valence-corrected chi connectivity index (χ2v) is 10.1. The van der Waals surface area contributed by atoms with Crippen LogP contribution in [0.3, 0.4) is 0 Å². The maximum Gasteiger partial charge on any atom is 0.261 e. The van der Waals surface area contributed by atoms with Gasteiger partial charge in [-0.1, -0.05) is 18.2 Å². The summed E-state index contributed by atoms with van der Waals surface area (Å²) in [6.07, 6.45) is 0. The monoisotopic (exact) mass is 493 g/mol. The minimum absolute atomic E-state index is 0.0562. The number of ether oxygens (including phenoxy) is 1. The van der Waals surface area contributed by atoms with Crippen LogP contribution in [0, 0.1) is 13.8 Å². The molecule has 0 aliphatic heterocycles. The van der Waals surface area contributed by atoms with Crippen LogP contribution in [0.4, 0.5) is 11.4 Å². The van der Waals surface area contributed by atoms with Crippen LogP contribution in [0.15, 0.2) is 82.5 Å². The van der Waals surface area contributed by atoms with Crippen LogP contribution in [0.2, 0.25) is 0 Å². The van der Waals surface area contributed by atoms with Crippen molar-refractivity contribution in [2.45, 2.75) is 25.3 Å². The fraction of sp³-hybridized carbons (Fsp3) is 0.120. The molecule has 3 aromatic carbocycles. The van der Waals surface area contributed by atoms with Gasteiger partial charge in [-0.25, -0.2) is 13.4 Å². The fourth-order valence-electron chi connectivity index (χ4n) is 3.19. The van der Waals surface area contributed by atoms with Crippen molar-refractivity contribution in [3.05, 3.63) is 100 Å². The quantitative estimate of drug-likeness (QED) is 0.343. The van der Waals surface area contributed by atoms with E-state index >= 15 is 0 Å². The zero-order valence-corrected chi connectivity index (χ0v) is 20.2. The number of carbonyl (C=O) groups is 1. The summed E-state index contributed by atoms with van der Waals surface area (Å²) in [6, 6.07) is 18.5. The number of anilines is 2. The number of hydrogen-bond donors (Lipinski definition) is 2. The molecule has 174 valence electrons. The Bertz CT molecular complexity index is 1400. The van der Waals surface area contributed by atoms with Gasteiger partial charge in [0.2, 0.25) is 0 Å².